The molecule has 4 aromatic rings. The number of methoxy groups -OCH3 is 1. The normalized spacial score (nSPS) is 10.8. The second-order valence-electron chi connectivity index (χ2n) is 6.35. The van der Waals surface area contributed by atoms with Gasteiger partial charge in [0, 0.05) is 30.3 Å². The fourth-order valence-corrected chi connectivity index (χ4v) is 2.98. The number of nitrogens with one attached hydrogen (secondary N) is 1. The molecule has 2 heterocycles. The van der Waals surface area contributed by atoms with Crippen LogP contribution in [0.1, 0.15) is 6.42 Å². The maximum atomic E-state index is 12.9. The quantitative estimate of drug-likeness (QED) is 0.543. The Morgan fingerprint density at radius 2 is 2.00 bits per heavy atom. The zero-order valence-corrected chi connectivity index (χ0v) is 15.7. The number of hydrogen-bond acceptors (Lipinski definition) is 6. The number of carbonyl (C=O) groups is 1. The van der Waals surface area contributed by atoms with Crippen molar-refractivity contribution in [1.82, 2.24) is 14.7 Å². The summed E-state index contributed by atoms with van der Waals surface area (Å²) in [5.74, 6) is 0.424. The zero-order chi connectivity index (χ0) is 20.2. The van der Waals surface area contributed by atoms with Crippen LogP contribution in [0, 0.1) is 0 Å². The third kappa shape index (κ3) is 3.86. The molecule has 0 radical (unpaired) electrons. The van der Waals surface area contributed by atoms with Crippen molar-refractivity contribution in [3.05, 3.63) is 71.3 Å². The average molecular weight is 390 g/mol. The van der Waals surface area contributed by atoms with E-state index in [1.165, 1.54) is 10.9 Å². The van der Waals surface area contributed by atoms with Gasteiger partial charge < -0.3 is 14.6 Å². The summed E-state index contributed by atoms with van der Waals surface area (Å²) in [5, 5.41) is 7.08. The van der Waals surface area contributed by atoms with Gasteiger partial charge in [-0.05, 0) is 12.1 Å². The molecule has 0 aliphatic rings. The lowest BCUT2D eigenvalue weighted by Gasteiger charge is -2.08. The summed E-state index contributed by atoms with van der Waals surface area (Å²) in [7, 11) is 1.56. The van der Waals surface area contributed by atoms with Crippen LogP contribution in [-0.2, 0) is 11.3 Å². The molecule has 8 heteroatoms. The molecule has 1 N–H and O–H groups in total. The van der Waals surface area contributed by atoms with Gasteiger partial charge in [-0.3, -0.25) is 14.2 Å². The Hall–Kier alpha value is -3.94. The summed E-state index contributed by atoms with van der Waals surface area (Å²) in [6.07, 6.45) is 1.47. The fourth-order valence-electron chi connectivity index (χ4n) is 2.98. The highest BCUT2D eigenvalue weighted by atomic mass is 16.5. The second kappa shape index (κ2) is 7.97. The Kier molecular flexibility index (Phi) is 5.07. The van der Waals surface area contributed by atoms with Gasteiger partial charge >= 0.3 is 0 Å². The summed E-state index contributed by atoms with van der Waals surface area (Å²) in [6.45, 7) is 0.178. The summed E-state index contributed by atoms with van der Waals surface area (Å²) in [6, 6.07) is 16.3. The summed E-state index contributed by atoms with van der Waals surface area (Å²) >= 11 is 0. The van der Waals surface area contributed by atoms with E-state index in [9.17, 15) is 9.59 Å². The third-order valence-electron chi connectivity index (χ3n) is 4.44. The molecular weight excluding hydrogens is 372 g/mol. The van der Waals surface area contributed by atoms with Crippen molar-refractivity contribution < 1.29 is 14.1 Å². The van der Waals surface area contributed by atoms with Crippen LogP contribution in [0.25, 0.3) is 22.4 Å². The van der Waals surface area contributed by atoms with Crippen LogP contribution < -0.4 is 15.6 Å². The van der Waals surface area contributed by atoms with Gasteiger partial charge in [0.05, 0.1) is 7.11 Å². The first kappa shape index (κ1) is 18.4. The van der Waals surface area contributed by atoms with Gasteiger partial charge in [0.15, 0.2) is 0 Å². The van der Waals surface area contributed by atoms with Gasteiger partial charge in [-0.25, -0.2) is 4.98 Å². The minimum atomic E-state index is -0.302. The van der Waals surface area contributed by atoms with Gasteiger partial charge in [0.1, 0.15) is 23.2 Å². The van der Waals surface area contributed by atoms with E-state index in [0.717, 1.165) is 5.56 Å². The molecule has 0 bridgehead atoms. The average Bonchev–Trinajstić information content (AvgIpc) is 3.19. The van der Waals surface area contributed by atoms with E-state index in [1.807, 2.05) is 30.3 Å². The minimum Gasteiger partial charge on any atom is -0.497 e. The third-order valence-corrected chi connectivity index (χ3v) is 4.44. The predicted molar refractivity (Wildman–Crippen MR) is 108 cm³/mol. The van der Waals surface area contributed by atoms with E-state index in [2.05, 4.69) is 15.5 Å². The molecule has 0 saturated heterocycles. The number of rotatable bonds is 6. The predicted octanol–water partition coefficient (Wildman–Crippen LogP) is 3.09. The molecule has 4 rings (SSSR count). The number of aryl methyl sites for hydroxylation is 1. The molecule has 0 unspecified atom stereocenters. The van der Waals surface area contributed by atoms with Crippen molar-refractivity contribution in [2.24, 2.45) is 0 Å². The van der Waals surface area contributed by atoms with Crippen LogP contribution in [0.2, 0.25) is 0 Å². The van der Waals surface area contributed by atoms with Gasteiger partial charge in [-0.2, -0.15) is 0 Å². The van der Waals surface area contributed by atoms with Crippen LogP contribution in [0.3, 0.4) is 0 Å². The van der Waals surface area contributed by atoms with E-state index in [4.69, 9.17) is 9.26 Å². The Morgan fingerprint density at radius 3 is 2.79 bits per heavy atom. The first-order valence-corrected chi connectivity index (χ1v) is 9.00. The van der Waals surface area contributed by atoms with Crippen LogP contribution >= 0.6 is 0 Å². The zero-order valence-electron chi connectivity index (χ0n) is 15.7. The summed E-state index contributed by atoms with van der Waals surface area (Å²) in [5.41, 5.74) is 1.70. The van der Waals surface area contributed by atoms with E-state index in [0.29, 0.717) is 22.5 Å². The molecule has 0 aliphatic heterocycles. The van der Waals surface area contributed by atoms with Crippen molar-refractivity contribution in [3.8, 4) is 17.0 Å². The molecule has 0 saturated carbocycles. The van der Waals surface area contributed by atoms with Gasteiger partial charge in [-0.15, -0.1) is 0 Å². The number of carbonyl (C=O) groups excluding carboxylic acids is 1. The van der Waals surface area contributed by atoms with Crippen molar-refractivity contribution in [1.29, 1.82) is 0 Å². The van der Waals surface area contributed by atoms with Crippen LogP contribution in [0.5, 0.6) is 5.75 Å². The highest BCUT2D eigenvalue weighted by Crippen LogP contribution is 2.23. The molecule has 0 spiro atoms. The Morgan fingerprint density at radius 1 is 1.17 bits per heavy atom. The molecule has 2 aromatic heterocycles. The maximum Gasteiger partial charge on any atom is 0.266 e. The maximum absolute atomic E-state index is 12.9. The topological polar surface area (TPSA) is 99.2 Å². The van der Waals surface area contributed by atoms with E-state index < -0.39 is 0 Å². The van der Waals surface area contributed by atoms with Crippen LogP contribution in [0.4, 0.5) is 5.69 Å². The Balaban J connectivity index is 1.53. The molecule has 1 amide bonds. The lowest BCUT2D eigenvalue weighted by molar-refractivity contribution is -0.116. The number of ether oxygens (including phenoxy) is 1. The van der Waals surface area contributed by atoms with Gasteiger partial charge in [-0.1, -0.05) is 41.6 Å². The second-order valence-corrected chi connectivity index (χ2v) is 6.35. The summed E-state index contributed by atoms with van der Waals surface area (Å²) < 4.78 is 11.7. The van der Waals surface area contributed by atoms with E-state index in [-0.39, 0.29) is 30.1 Å². The first-order valence-electron chi connectivity index (χ1n) is 9.00. The molecule has 8 nitrogen and oxygen atoms in total. The monoisotopic (exact) mass is 390 g/mol. The standard InChI is InChI=1S/C21H18N4O4/c1-28-16-9-5-8-15(12-16)23-17(26)10-11-25-13-22-20-18(21(25)27)19(24-29-20)14-6-3-2-4-7-14/h2-9,12-13H,10-11H2,1H3,(H,23,26). The molecule has 29 heavy (non-hydrogen) atoms. The van der Waals surface area contributed by atoms with Crippen molar-refractivity contribution in [2.45, 2.75) is 13.0 Å². The molecule has 2 aromatic carbocycles. The smallest absolute Gasteiger partial charge is 0.266 e. The van der Waals surface area contributed by atoms with Crippen LogP contribution in [0.15, 0.2) is 70.2 Å². The van der Waals surface area contributed by atoms with E-state index >= 15 is 0 Å². The van der Waals surface area contributed by atoms with Crippen molar-refractivity contribution in [3.63, 3.8) is 0 Å². The lowest BCUT2D eigenvalue weighted by atomic mass is 10.1. The number of hydrogen-bond donors (Lipinski definition) is 1. The highest BCUT2D eigenvalue weighted by Gasteiger charge is 2.17. The number of benzene rings is 2. The number of amides is 1. The number of anilines is 1. The molecule has 0 aliphatic carbocycles. The van der Waals surface area contributed by atoms with Gasteiger partial charge in [0.25, 0.3) is 11.3 Å². The fraction of sp³-hybridized carbons (Fsp3) is 0.143. The van der Waals surface area contributed by atoms with Gasteiger partial charge in [0.2, 0.25) is 5.91 Å². The van der Waals surface area contributed by atoms with E-state index in [1.54, 1.807) is 31.4 Å². The molecule has 146 valence electrons. The molecule has 0 atom stereocenters. The number of aromatic nitrogens is 3. The van der Waals surface area contributed by atoms with Crippen molar-refractivity contribution >= 4 is 22.7 Å². The lowest BCUT2D eigenvalue weighted by Crippen LogP contribution is -2.23. The Labute approximate surface area is 165 Å². The summed E-state index contributed by atoms with van der Waals surface area (Å²) in [4.78, 5) is 29.4. The van der Waals surface area contributed by atoms with Crippen molar-refractivity contribution in [2.75, 3.05) is 12.4 Å². The highest BCUT2D eigenvalue weighted by molar-refractivity contribution is 5.91. The number of nitrogens with zero attached hydrogens (tertiary/aromatic N) is 3. The molecule has 0 fully saturated rings. The first-order chi connectivity index (χ1) is 14.2. The van der Waals surface area contributed by atoms with Crippen LogP contribution in [-0.4, -0.2) is 27.7 Å². The SMILES string of the molecule is COc1cccc(NC(=O)CCn2cnc3onc(-c4ccccc4)c3c2=O)c1. The largest absolute Gasteiger partial charge is 0.497 e. The minimum absolute atomic E-state index is 0.107. The Bertz CT molecular complexity index is 1210. The molecular formula is C21H18N4O4. The number of fused-ring (bicyclic) bond motifs is 1.